The molecule has 0 aliphatic heterocycles. The summed E-state index contributed by atoms with van der Waals surface area (Å²) in [6, 6.07) is 19.2. The standard InChI is InChI=1S/C24H24N6O.NO.W/c1-17-12-20(13-18(2)29-17)22(24(26-16-25)19-8-5-4-6-9-19)15-28-27-14-21-10-7-11-23(30-21)31-3;1-2;/h4-13,27H,14H2,1-3H3,(H2,25,26);;/q-2;-1;/b24-22+;;. The number of nitrogens with one attached hydrogen (secondary N) is 1. The van der Waals surface area contributed by atoms with E-state index in [1.165, 1.54) is 0 Å². The normalized spacial score (nSPS) is 11.3. The number of benzene rings is 1. The largest absolute Gasteiger partial charge is 0.577 e. The summed E-state index contributed by atoms with van der Waals surface area (Å²) in [4.78, 5) is 20.4. The van der Waals surface area contributed by atoms with Crippen LogP contribution in [-0.4, -0.2) is 29.6 Å². The molecule has 3 N–H and O–H groups in total. The third-order valence-corrected chi connectivity index (χ3v) is 4.33. The molecule has 9 nitrogen and oxygen atoms in total. The van der Waals surface area contributed by atoms with Gasteiger partial charge in [-0.25, -0.2) is 4.98 Å². The number of nitrogens with zero attached hydrogens (tertiary/aromatic N) is 5. The molecule has 0 spiro atoms. The van der Waals surface area contributed by atoms with Crippen molar-refractivity contribution >= 4 is 23.8 Å². The van der Waals surface area contributed by atoms with Crippen molar-refractivity contribution in [2.45, 2.75) is 20.4 Å². The fourth-order valence-corrected chi connectivity index (χ4v) is 3.04. The number of aromatic nitrogens is 2. The SMILES string of the molecule is COc1cccc(CNN=[C-]/C(=C(\N=[C-]N)c2ccccc2)c2cc(C)nc(C)c2)n1.[N-]=O.[W]. The van der Waals surface area contributed by atoms with Gasteiger partial charge in [-0.2, -0.15) is 5.57 Å². The molecule has 0 aliphatic rings. The summed E-state index contributed by atoms with van der Waals surface area (Å²) in [5, 5.41) is 4.30. The zero-order chi connectivity index (χ0) is 24.1. The fourth-order valence-electron chi connectivity index (χ4n) is 3.04. The Kier molecular flexibility index (Phi) is 12.6. The Balaban J connectivity index is 0.00000188. The van der Waals surface area contributed by atoms with E-state index < -0.39 is 0 Å². The third-order valence-electron chi connectivity index (χ3n) is 4.33. The summed E-state index contributed by atoms with van der Waals surface area (Å²) < 4.78 is 5.16. The van der Waals surface area contributed by atoms with Gasteiger partial charge in [0.1, 0.15) is 0 Å². The first-order chi connectivity index (χ1) is 16.1. The molecule has 2 heterocycles. The molecule has 1 aromatic carbocycles. The van der Waals surface area contributed by atoms with Crippen molar-refractivity contribution in [1.29, 1.82) is 0 Å². The van der Waals surface area contributed by atoms with E-state index in [9.17, 15) is 0 Å². The zero-order valence-electron chi connectivity index (χ0n) is 19.0. The number of hydrogen-bond donors (Lipinski definition) is 2. The molecule has 0 saturated carbocycles. The molecule has 3 aromatic rings. The zero-order valence-corrected chi connectivity index (χ0v) is 22.0. The Bertz CT molecular complexity index is 1110. The van der Waals surface area contributed by atoms with Gasteiger partial charge < -0.3 is 31.4 Å². The summed E-state index contributed by atoms with van der Waals surface area (Å²) in [6.07, 6.45) is 5.49. The predicted octanol–water partition coefficient (Wildman–Crippen LogP) is 3.81. The average Bonchev–Trinajstić information content (AvgIpc) is 2.84. The summed E-state index contributed by atoms with van der Waals surface area (Å²) in [6.45, 7) is 4.30. The quantitative estimate of drug-likeness (QED) is 0.128. The van der Waals surface area contributed by atoms with Crippen LogP contribution >= 0.6 is 0 Å². The maximum absolute atomic E-state index is 7.25. The average molecular weight is 626 g/mol. The van der Waals surface area contributed by atoms with Gasteiger partial charge in [0.05, 0.1) is 19.3 Å². The number of aliphatic imine (C=N–C) groups is 1. The molecule has 3 rings (SSSR count). The molecular weight excluding hydrogens is 602 g/mol. The monoisotopic (exact) mass is 626 g/mol. The van der Waals surface area contributed by atoms with Gasteiger partial charge in [0.2, 0.25) is 5.88 Å². The number of allylic oxidation sites excluding steroid dienone is 1. The second-order valence-corrected chi connectivity index (χ2v) is 6.70. The van der Waals surface area contributed by atoms with E-state index in [0.717, 1.165) is 28.2 Å². The second-order valence-electron chi connectivity index (χ2n) is 6.70. The molecular formula is C24H24N7O2W-3. The molecule has 0 unspecified atom stereocenters. The number of methoxy groups -OCH3 is 1. The molecule has 0 fully saturated rings. The Morgan fingerprint density at radius 1 is 1.03 bits per heavy atom. The summed E-state index contributed by atoms with van der Waals surface area (Å²) >= 11 is 0. The van der Waals surface area contributed by atoms with Crippen molar-refractivity contribution in [3.05, 3.63) is 99.4 Å². The molecule has 0 amide bonds. The van der Waals surface area contributed by atoms with E-state index in [4.69, 9.17) is 21.0 Å². The Labute approximate surface area is 213 Å². The van der Waals surface area contributed by atoms with Crippen molar-refractivity contribution in [2.75, 3.05) is 7.11 Å². The van der Waals surface area contributed by atoms with Crippen molar-refractivity contribution in [2.24, 2.45) is 15.8 Å². The van der Waals surface area contributed by atoms with E-state index in [2.05, 4.69) is 38.0 Å². The minimum Gasteiger partial charge on any atom is -0.577 e. The van der Waals surface area contributed by atoms with Gasteiger partial charge in [-0.1, -0.05) is 72.3 Å². The molecule has 176 valence electrons. The number of rotatable bonds is 8. The number of aryl methyl sites for hydroxylation is 2. The maximum atomic E-state index is 7.25. The minimum absolute atomic E-state index is 0. The first-order valence-corrected chi connectivity index (χ1v) is 9.89. The van der Waals surface area contributed by atoms with Gasteiger partial charge in [0, 0.05) is 38.5 Å². The summed E-state index contributed by atoms with van der Waals surface area (Å²) in [5.41, 5.74) is 19.9. The smallest absolute Gasteiger partial charge is 0.213 e. The van der Waals surface area contributed by atoms with E-state index in [1.807, 2.05) is 68.4 Å². The molecule has 0 saturated heterocycles. The van der Waals surface area contributed by atoms with Crippen LogP contribution in [0.4, 0.5) is 0 Å². The Morgan fingerprint density at radius 3 is 2.32 bits per heavy atom. The van der Waals surface area contributed by atoms with Crippen LogP contribution in [-0.2, 0) is 27.6 Å². The van der Waals surface area contributed by atoms with Gasteiger partial charge in [0.15, 0.2) is 0 Å². The van der Waals surface area contributed by atoms with Crippen LogP contribution in [0.3, 0.4) is 0 Å². The van der Waals surface area contributed by atoms with Crippen LogP contribution in [0, 0.1) is 18.8 Å². The number of hydrogen-bond acceptors (Lipinski definition) is 7. The summed E-state index contributed by atoms with van der Waals surface area (Å²) in [7, 11) is 1.58. The number of hydrazone groups is 1. The minimum atomic E-state index is 0. The van der Waals surface area contributed by atoms with E-state index >= 15 is 0 Å². The topological polar surface area (TPSA) is 137 Å². The molecule has 2 aromatic heterocycles. The van der Waals surface area contributed by atoms with Crippen LogP contribution in [0.2, 0.25) is 0 Å². The van der Waals surface area contributed by atoms with Crippen LogP contribution in [0.5, 0.6) is 5.88 Å². The molecule has 0 aliphatic carbocycles. The molecule has 0 radical (unpaired) electrons. The Morgan fingerprint density at radius 2 is 1.71 bits per heavy atom. The molecule has 34 heavy (non-hydrogen) atoms. The van der Waals surface area contributed by atoms with Crippen molar-refractivity contribution in [1.82, 2.24) is 15.4 Å². The van der Waals surface area contributed by atoms with Gasteiger partial charge in [-0.05, 0) is 19.9 Å². The molecule has 0 bridgehead atoms. The Hall–Kier alpha value is -3.71. The van der Waals surface area contributed by atoms with Crippen LogP contribution in [0.1, 0.15) is 28.2 Å². The predicted molar refractivity (Wildman–Crippen MR) is 130 cm³/mol. The first kappa shape index (κ1) is 28.3. The van der Waals surface area contributed by atoms with E-state index in [-0.39, 0.29) is 21.1 Å². The number of nitroso groups, excluding NO2 is 1. The molecule has 10 heteroatoms. The second kappa shape index (κ2) is 15.2. The van der Waals surface area contributed by atoms with Crippen molar-refractivity contribution in [3.63, 3.8) is 0 Å². The summed E-state index contributed by atoms with van der Waals surface area (Å²) in [5.74, 6) is 0.551. The fraction of sp³-hybridized carbons (Fsp3) is 0.167. The van der Waals surface area contributed by atoms with Crippen LogP contribution < -0.4 is 15.9 Å². The van der Waals surface area contributed by atoms with E-state index in [0.29, 0.717) is 23.7 Å². The van der Waals surface area contributed by atoms with Gasteiger partial charge in [-0.3, -0.25) is 10.1 Å². The first-order valence-electron chi connectivity index (χ1n) is 9.89. The molecule has 0 atom stereocenters. The van der Waals surface area contributed by atoms with Gasteiger partial charge in [-0.15, -0.1) is 5.56 Å². The number of nitrogens with two attached hydrogens (primary N) is 1. The number of ether oxygens (including phenoxy) is 1. The number of pyridine rings is 2. The van der Waals surface area contributed by atoms with E-state index in [1.54, 1.807) is 13.2 Å². The van der Waals surface area contributed by atoms with Gasteiger partial charge >= 0.3 is 0 Å². The van der Waals surface area contributed by atoms with Crippen LogP contribution in [0.25, 0.3) is 16.9 Å². The third kappa shape index (κ3) is 8.33. The van der Waals surface area contributed by atoms with Crippen molar-refractivity contribution in [3.8, 4) is 5.88 Å². The maximum Gasteiger partial charge on any atom is 0.213 e. The van der Waals surface area contributed by atoms with Crippen LogP contribution in [0.15, 0.2) is 70.8 Å². The van der Waals surface area contributed by atoms with Gasteiger partial charge in [0.25, 0.3) is 0 Å². The van der Waals surface area contributed by atoms with Crippen molar-refractivity contribution < 1.29 is 25.8 Å².